The van der Waals surface area contributed by atoms with Crippen LogP contribution < -0.4 is 0 Å². The first-order chi connectivity index (χ1) is 8.81. The van der Waals surface area contributed by atoms with Crippen molar-refractivity contribution in [2.24, 2.45) is 0 Å². The van der Waals surface area contributed by atoms with Crippen molar-refractivity contribution >= 4 is 12.2 Å². The minimum Gasteiger partial charge on any atom is -0.382 e. The van der Waals surface area contributed by atoms with Crippen LogP contribution in [-0.4, -0.2) is 36.9 Å². The van der Waals surface area contributed by atoms with Gasteiger partial charge < -0.3 is 14.5 Å². The van der Waals surface area contributed by atoms with E-state index >= 15 is 0 Å². The summed E-state index contributed by atoms with van der Waals surface area (Å²) in [5, 5.41) is 0. The van der Waals surface area contributed by atoms with Crippen molar-refractivity contribution in [1.29, 1.82) is 0 Å². The molecule has 0 spiro atoms. The second-order valence-corrected chi connectivity index (χ2v) is 4.89. The first-order valence-corrected chi connectivity index (χ1v) is 6.89. The third kappa shape index (κ3) is 3.60. The minimum absolute atomic E-state index is 0.627. The van der Waals surface area contributed by atoms with E-state index < -0.39 is 0 Å². The van der Waals surface area contributed by atoms with Gasteiger partial charge in [-0.05, 0) is 25.7 Å². The average molecular weight is 268 g/mol. The molecule has 0 fully saturated rings. The number of H-pyrrole nitrogens is 1. The lowest BCUT2D eigenvalue weighted by Gasteiger charge is -2.16. The van der Waals surface area contributed by atoms with Gasteiger partial charge in [0, 0.05) is 24.8 Å². The standard InChI is InChI=1S/C13H20N2O2S/c1-16-8-9-17-7-6-12-14-11-5-3-2-4-10(11)13(18)15-12/h2-9H2,1H3,(H,14,15,18). The molecule has 5 heteroatoms. The Morgan fingerprint density at radius 1 is 1.22 bits per heavy atom. The van der Waals surface area contributed by atoms with Gasteiger partial charge >= 0.3 is 0 Å². The zero-order chi connectivity index (χ0) is 12.8. The van der Waals surface area contributed by atoms with Crippen LogP contribution >= 0.6 is 12.2 Å². The van der Waals surface area contributed by atoms with Gasteiger partial charge in [-0.15, -0.1) is 0 Å². The number of rotatable bonds is 6. The van der Waals surface area contributed by atoms with Gasteiger partial charge in [0.1, 0.15) is 10.5 Å². The molecule has 18 heavy (non-hydrogen) atoms. The Labute approximate surface area is 113 Å². The molecule has 2 rings (SSSR count). The molecule has 0 saturated heterocycles. The number of nitrogens with zero attached hydrogens (tertiary/aromatic N) is 1. The second kappa shape index (κ2) is 6.97. The van der Waals surface area contributed by atoms with Gasteiger partial charge in [0.2, 0.25) is 0 Å². The Balaban J connectivity index is 1.93. The third-order valence-electron chi connectivity index (χ3n) is 3.17. The molecule has 0 aromatic carbocycles. The summed E-state index contributed by atoms with van der Waals surface area (Å²) in [7, 11) is 1.67. The Morgan fingerprint density at radius 2 is 2.06 bits per heavy atom. The maximum atomic E-state index is 5.44. The fourth-order valence-corrected chi connectivity index (χ4v) is 2.54. The molecule has 1 aliphatic carbocycles. The Morgan fingerprint density at radius 3 is 2.89 bits per heavy atom. The number of ether oxygens (including phenoxy) is 2. The van der Waals surface area contributed by atoms with Crippen molar-refractivity contribution in [2.45, 2.75) is 32.1 Å². The van der Waals surface area contributed by atoms with E-state index in [9.17, 15) is 0 Å². The van der Waals surface area contributed by atoms with Gasteiger partial charge in [-0.1, -0.05) is 12.2 Å². The number of aromatic amines is 1. The molecule has 1 aliphatic rings. The van der Waals surface area contributed by atoms with Crippen LogP contribution in [-0.2, 0) is 28.7 Å². The summed E-state index contributed by atoms with van der Waals surface area (Å²) >= 11 is 5.35. The summed E-state index contributed by atoms with van der Waals surface area (Å²) in [6, 6.07) is 0. The fraction of sp³-hybridized carbons (Fsp3) is 0.692. The first kappa shape index (κ1) is 13.6. The number of aryl methyl sites for hydroxylation is 1. The van der Waals surface area contributed by atoms with Crippen molar-refractivity contribution in [1.82, 2.24) is 9.97 Å². The van der Waals surface area contributed by atoms with Crippen LogP contribution in [0, 0.1) is 4.64 Å². The monoisotopic (exact) mass is 268 g/mol. The normalized spacial score (nSPS) is 14.5. The summed E-state index contributed by atoms with van der Waals surface area (Å²) in [6.45, 7) is 1.91. The van der Waals surface area contributed by atoms with Crippen LogP contribution in [0.1, 0.15) is 29.9 Å². The Bertz CT molecular complexity index is 445. The molecule has 0 saturated carbocycles. The highest BCUT2D eigenvalue weighted by Crippen LogP contribution is 2.19. The van der Waals surface area contributed by atoms with E-state index in [-0.39, 0.29) is 0 Å². The van der Waals surface area contributed by atoms with Crippen LogP contribution in [0.25, 0.3) is 0 Å². The number of fused-ring (bicyclic) bond motifs is 1. The lowest BCUT2D eigenvalue weighted by molar-refractivity contribution is 0.0716. The van der Waals surface area contributed by atoms with Gasteiger partial charge in [-0.3, -0.25) is 0 Å². The average Bonchev–Trinajstić information content (AvgIpc) is 2.39. The third-order valence-corrected chi connectivity index (χ3v) is 3.51. The van der Waals surface area contributed by atoms with E-state index in [1.807, 2.05) is 0 Å². The molecule has 0 unspecified atom stereocenters. The van der Waals surface area contributed by atoms with Crippen LogP contribution in [0.4, 0.5) is 0 Å². The highest BCUT2D eigenvalue weighted by Gasteiger charge is 2.12. The Hall–Kier alpha value is -0.780. The van der Waals surface area contributed by atoms with Crippen LogP contribution in [0.3, 0.4) is 0 Å². The summed E-state index contributed by atoms with van der Waals surface area (Å²) in [4.78, 5) is 7.86. The summed E-state index contributed by atoms with van der Waals surface area (Å²) in [5.41, 5.74) is 2.54. The van der Waals surface area contributed by atoms with Crippen LogP contribution in [0.5, 0.6) is 0 Å². The predicted molar refractivity (Wildman–Crippen MR) is 72.5 cm³/mol. The summed E-state index contributed by atoms with van der Waals surface area (Å²) in [5.74, 6) is 0.943. The lowest BCUT2D eigenvalue weighted by Crippen LogP contribution is -2.12. The van der Waals surface area contributed by atoms with E-state index in [0.717, 1.165) is 29.7 Å². The highest BCUT2D eigenvalue weighted by atomic mass is 32.1. The molecule has 0 aliphatic heterocycles. The van der Waals surface area contributed by atoms with Gasteiger partial charge in [-0.2, -0.15) is 0 Å². The molecule has 1 aromatic heterocycles. The number of nitrogens with one attached hydrogen (secondary N) is 1. The van der Waals surface area contributed by atoms with E-state index in [4.69, 9.17) is 21.7 Å². The molecule has 0 bridgehead atoms. The summed E-state index contributed by atoms with van der Waals surface area (Å²) < 4.78 is 11.1. The van der Waals surface area contributed by atoms with Crippen molar-refractivity contribution in [3.63, 3.8) is 0 Å². The molecule has 1 aromatic rings. The zero-order valence-corrected chi connectivity index (χ0v) is 11.6. The molecule has 1 heterocycles. The highest BCUT2D eigenvalue weighted by molar-refractivity contribution is 7.71. The topological polar surface area (TPSA) is 47.1 Å². The minimum atomic E-state index is 0.627. The number of hydrogen-bond acceptors (Lipinski definition) is 4. The van der Waals surface area contributed by atoms with Gasteiger partial charge in [0.05, 0.1) is 19.8 Å². The zero-order valence-electron chi connectivity index (χ0n) is 10.8. The molecule has 0 amide bonds. The largest absolute Gasteiger partial charge is 0.382 e. The van der Waals surface area contributed by atoms with Gasteiger partial charge in [0.15, 0.2) is 0 Å². The second-order valence-electron chi connectivity index (χ2n) is 4.51. The quantitative estimate of drug-likeness (QED) is 0.635. The SMILES string of the molecule is COCCOCCc1nc(=S)c2c([nH]1)CCCC2. The van der Waals surface area contributed by atoms with E-state index in [1.54, 1.807) is 7.11 Å². The molecule has 0 atom stereocenters. The van der Waals surface area contributed by atoms with E-state index in [2.05, 4.69) is 9.97 Å². The molecule has 4 nitrogen and oxygen atoms in total. The van der Waals surface area contributed by atoms with Crippen LogP contribution in [0.15, 0.2) is 0 Å². The fourth-order valence-electron chi connectivity index (χ4n) is 2.20. The molecule has 0 radical (unpaired) electrons. The predicted octanol–water partition coefficient (Wildman–Crippen LogP) is 2.22. The van der Waals surface area contributed by atoms with Crippen LogP contribution in [0.2, 0.25) is 0 Å². The van der Waals surface area contributed by atoms with Gasteiger partial charge in [0.25, 0.3) is 0 Å². The molecule has 1 N–H and O–H groups in total. The maximum absolute atomic E-state index is 5.44. The summed E-state index contributed by atoms with van der Waals surface area (Å²) in [6.07, 6.45) is 5.42. The number of hydrogen-bond donors (Lipinski definition) is 1. The van der Waals surface area contributed by atoms with Crippen molar-refractivity contribution < 1.29 is 9.47 Å². The molecular formula is C13H20N2O2S. The van der Waals surface area contributed by atoms with Crippen molar-refractivity contribution in [3.05, 3.63) is 21.7 Å². The Kier molecular flexibility index (Phi) is 5.28. The van der Waals surface area contributed by atoms with E-state index in [1.165, 1.54) is 24.1 Å². The van der Waals surface area contributed by atoms with Crippen molar-refractivity contribution in [3.8, 4) is 0 Å². The number of methoxy groups -OCH3 is 1. The molecule has 100 valence electrons. The van der Waals surface area contributed by atoms with Gasteiger partial charge in [-0.25, -0.2) is 4.98 Å². The number of aromatic nitrogens is 2. The smallest absolute Gasteiger partial charge is 0.133 e. The lowest BCUT2D eigenvalue weighted by atomic mass is 9.97. The first-order valence-electron chi connectivity index (χ1n) is 6.49. The molecular weight excluding hydrogens is 248 g/mol. The van der Waals surface area contributed by atoms with Crippen molar-refractivity contribution in [2.75, 3.05) is 26.9 Å². The maximum Gasteiger partial charge on any atom is 0.133 e. The van der Waals surface area contributed by atoms with E-state index in [0.29, 0.717) is 19.8 Å².